The minimum Gasteiger partial charge on any atom is -1.00 e. The van der Waals surface area contributed by atoms with E-state index in [0.717, 1.165) is 0 Å². The zero-order valence-corrected chi connectivity index (χ0v) is 8.23. The molecule has 0 spiro atoms. The zero-order valence-electron chi connectivity index (χ0n) is 4.52. The van der Waals surface area contributed by atoms with E-state index in [9.17, 15) is 0 Å². The molecular weight excluding hydrogens is 293 g/mol. The van der Waals surface area contributed by atoms with Crippen LogP contribution in [0.3, 0.4) is 0 Å². The Morgan fingerprint density at radius 2 is 1.86 bits per heavy atom. The Bertz CT molecular complexity index is 20.0. The molecular formula is C5H11IPd. The second-order valence-electron chi connectivity index (χ2n) is 1.37. The van der Waals surface area contributed by atoms with Crippen LogP contribution in [-0.4, -0.2) is 0 Å². The van der Waals surface area contributed by atoms with Crippen LogP contribution in [0.5, 0.6) is 0 Å². The fourth-order valence-electron chi connectivity index (χ4n) is 0.329. The molecule has 0 fully saturated rings. The van der Waals surface area contributed by atoms with Gasteiger partial charge in [-0.05, 0) is 0 Å². The summed E-state index contributed by atoms with van der Waals surface area (Å²) in [6.07, 6.45) is 4.05. The third-order valence-corrected chi connectivity index (χ3v) is 1.26. The van der Waals surface area contributed by atoms with Crippen LogP contribution in [0.4, 0.5) is 0 Å². The Morgan fingerprint density at radius 3 is 2.00 bits per heavy atom. The zero-order chi connectivity index (χ0) is 4.83. The summed E-state index contributed by atoms with van der Waals surface area (Å²) in [5, 5.41) is 0. The van der Waals surface area contributed by atoms with Gasteiger partial charge in [0, 0.05) is 0 Å². The fourth-order valence-corrected chi connectivity index (χ4v) is 0.718. The van der Waals surface area contributed by atoms with Crippen LogP contribution in [0.25, 0.3) is 0 Å². The third-order valence-electron chi connectivity index (χ3n) is 0.715. The van der Waals surface area contributed by atoms with Gasteiger partial charge in [-0.3, -0.25) is 0 Å². The Kier molecular flexibility index (Phi) is 16.7. The molecule has 0 aromatic heterocycles. The second kappa shape index (κ2) is 10.4. The van der Waals surface area contributed by atoms with E-state index in [-0.39, 0.29) is 24.0 Å². The van der Waals surface area contributed by atoms with Crippen LogP contribution >= 0.6 is 0 Å². The van der Waals surface area contributed by atoms with Gasteiger partial charge in [0.25, 0.3) is 0 Å². The first-order chi connectivity index (χ1) is 2.91. The molecule has 0 atom stereocenters. The summed E-state index contributed by atoms with van der Waals surface area (Å²) in [6, 6.07) is 0. The van der Waals surface area contributed by atoms with Crippen LogP contribution in [-0.2, 0) is 19.2 Å². The maximum absolute atomic E-state index is 3.13. The molecule has 0 heterocycles. The van der Waals surface area contributed by atoms with E-state index in [4.69, 9.17) is 0 Å². The summed E-state index contributed by atoms with van der Waals surface area (Å²) >= 11 is 3.13. The van der Waals surface area contributed by atoms with Gasteiger partial charge in [0.2, 0.25) is 0 Å². The van der Waals surface area contributed by atoms with E-state index in [1.807, 2.05) is 0 Å². The van der Waals surface area contributed by atoms with Crippen molar-refractivity contribution in [3.05, 3.63) is 0 Å². The second-order valence-corrected chi connectivity index (χ2v) is 2.14. The predicted octanol–water partition coefficient (Wildman–Crippen LogP) is -0.854. The van der Waals surface area contributed by atoms with Crippen LogP contribution < -0.4 is 24.0 Å². The van der Waals surface area contributed by atoms with Crippen LogP contribution in [0, 0.1) is 0 Å². The van der Waals surface area contributed by atoms with Crippen LogP contribution in [0.15, 0.2) is 0 Å². The molecule has 0 nitrogen and oxygen atoms in total. The Morgan fingerprint density at radius 1 is 1.29 bits per heavy atom. The molecule has 0 aliphatic carbocycles. The molecule has 0 saturated carbocycles. The normalized spacial score (nSPS) is 7.86. The first-order valence-corrected chi connectivity index (χ1v) is 3.53. The molecule has 0 rings (SSSR count). The monoisotopic (exact) mass is 304 g/mol. The Labute approximate surface area is 73.9 Å². The van der Waals surface area contributed by atoms with E-state index in [1.54, 1.807) is 0 Å². The molecule has 0 saturated heterocycles. The van der Waals surface area contributed by atoms with Gasteiger partial charge in [0.15, 0.2) is 0 Å². The van der Waals surface area contributed by atoms with E-state index < -0.39 is 0 Å². The van der Waals surface area contributed by atoms with Crippen molar-refractivity contribution >= 4 is 0 Å². The standard InChI is InChI=1S/C5H11.HI.Pd/c1-3-5-4-2;;/h1,3-5H2,2H3;1H;/q;;+1/p-1. The largest absolute Gasteiger partial charge is 1.00 e. The number of unbranched alkanes of at least 4 members (excludes halogenated alkanes) is 2. The molecule has 0 aliphatic rings. The van der Waals surface area contributed by atoms with Gasteiger partial charge >= 0.3 is 50.3 Å². The number of hydrogen-bond acceptors (Lipinski definition) is 0. The van der Waals surface area contributed by atoms with E-state index >= 15 is 0 Å². The third kappa shape index (κ3) is 11.1. The fraction of sp³-hybridized carbons (Fsp3) is 1.00. The van der Waals surface area contributed by atoms with Gasteiger partial charge in [-0.15, -0.1) is 0 Å². The number of hydrogen-bond donors (Lipinski definition) is 0. The van der Waals surface area contributed by atoms with E-state index in [1.165, 1.54) is 24.2 Å². The van der Waals surface area contributed by atoms with Crippen molar-refractivity contribution in [2.24, 2.45) is 0 Å². The molecule has 0 bridgehead atoms. The molecule has 0 aliphatic heterocycles. The summed E-state index contributed by atoms with van der Waals surface area (Å²) in [5.74, 6) is 0. The molecule has 0 amide bonds. The van der Waals surface area contributed by atoms with Gasteiger partial charge in [0.05, 0.1) is 0 Å². The van der Waals surface area contributed by atoms with Crippen LogP contribution in [0.1, 0.15) is 26.2 Å². The maximum Gasteiger partial charge on any atom is -1.00 e. The SMILES string of the molecule is CCCC[CH2][Pd+].[I-]. The molecule has 48 valence electrons. The van der Waals surface area contributed by atoms with Crippen molar-refractivity contribution in [2.75, 3.05) is 0 Å². The van der Waals surface area contributed by atoms with E-state index in [2.05, 4.69) is 26.1 Å². The smallest absolute Gasteiger partial charge is 1.00 e. The molecule has 0 unspecified atom stereocenters. The van der Waals surface area contributed by atoms with Crippen molar-refractivity contribution in [1.29, 1.82) is 0 Å². The van der Waals surface area contributed by atoms with Crippen molar-refractivity contribution < 1.29 is 43.2 Å². The first-order valence-electron chi connectivity index (χ1n) is 2.43. The minimum atomic E-state index is 0. The maximum atomic E-state index is 3.13. The summed E-state index contributed by atoms with van der Waals surface area (Å²) in [5.41, 5.74) is 0. The molecule has 0 radical (unpaired) electrons. The summed E-state index contributed by atoms with van der Waals surface area (Å²) in [7, 11) is 0. The van der Waals surface area contributed by atoms with Crippen molar-refractivity contribution in [2.45, 2.75) is 31.1 Å². The van der Waals surface area contributed by atoms with Crippen molar-refractivity contribution in [1.82, 2.24) is 0 Å². The number of halogens is 1. The average molecular weight is 304 g/mol. The molecule has 0 aromatic carbocycles. The van der Waals surface area contributed by atoms with Crippen molar-refractivity contribution in [3.8, 4) is 0 Å². The van der Waals surface area contributed by atoms with Crippen molar-refractivity contribution in [3.63, 3.8) is 0 Å². The molecule has 7 heavy (non-hydrogen) atoms. The average Bonchev–Trinajstić information content (AvgIpc) is 1.61. The Hall–Kier alpha value is 1.39. The van der Waals surface area contributed by atoms with E-state index in [0.29, 0.717) is 0 Å². The molecule has 2 heteroatoms. The topological polar surface area (TPSA) is 0 Å². The van der Waals surface area contributed by atoms with Gasteiger partial charge in [-0.25, -0.2) is 0 Å². The Balaban J connectivity index is 0. The quantitative estimate of drug-likeness (QED) is 0.362. The van der Waals surface area contributed by atoms with Crippen LogP contribution in [0.2, 0.25) is 4.89 Å². The summed E-state index contributed by atoms with van der Waals surface area (Å²) in [6.45, 7) is 2.22. The molecule has 0 aromatic rings. The summed E-state index contributed by atoms with van der Waals surface area (Å²) < 4.78 is 0. The van der Waals surface area contributed by atoms with Gasteiger partial charge in [0.1, 0.15) is 0 Å². The van der Waals surface area contributed by atoms with Gasteiger partial charge in [-0.2, -0.15) is 0 Å². The first kappa shape index (κ1) is 11.2. The molecule has 0 N–H and O–H groups in total. The predicted molar refractivity (Wildman–Crippen MR) is 24.3 cm³/mol. The van der Waals surface area contributed by atoms with Gasteiger partial charge in [-0.1, -0.05) is 0 Å². The van der Waals surface area contributed by atoms with Gasteiger partial charge < -0.3 is 24.0 Å². The summed E-state index contributed by atoms with van der Waals surface area (Å²) in [4.78, 5) is 1.20. The number of rotatable bonds is 3. The minimum absolute atomic E-state index is 0.